The topological polar surface area (TPSA) is 112 Å². The van der Waals surface area contributed by atoms with Crippen LogP contribution in [0, 0.1) is 23.3 Å². The van der Waals surface area contributed by atoms with Crippen molar-refractivity contribution in [3.8, 4) is 20.9 Å². The lowest BCUT2D eigenvalue weighted by atomic mass is 8.58. The summed E-state index contributed by atoms with van der Waals surface area (Å²) in [4.78, 5) is 67.6. The number of anilines is 6. The number of nitrogens with zero attached hydrogens (tertiary/aromatic N) is 2. The van der Waals surface area contributed by atoms with E-state index in [2.05, 4.69) is 153 Å². The molecule has 0 amide bonds. The number of carbonyl (C=O) groups is 5. The SMILES string of the molecule is CC1(C)c2cc(N(c3ccccc3)c3ccccc3)ccc2-c2sc(C=C3C(=O)c4cc(F)c(F)cc4C3=O)cc21.CC1(C)c2cc(N(c3ccccc3)c3ccccc3)ccc2-c2sc(C=O)cc21.CCO.O=C1CC(=O)c2cc(F)c(F)cc21.[B]B([B])B(B([B])[B])B([B])[B]. The number of benzene rings is 8. The second kappa shape index (κ2) is 29.3. The lowest BCUT2D eigenvalue weighted by molar-refractivity contribution is 0.0918. The largest absolute Gasteiger partial charge is 0.397 e. The van der Waals surface area contributed by atoms with Gasteiger partial charge in [0.05, 0.1) is 16.9 Å². The molecule has 12 radical (unpaired) electrons. The maximum atomic E-state index is 13.8. The number of Topliss-reactive ketones (excluding diaryl/α,β-unsaturated/α-hetero) is 4. The Balaban J connectivity index is 0.000000157. The zero-order valence-corrected chi connectivity index (χ0v) is 54.7. The summed E-state index contributed by atoms with van der Waals surface area (Å²) in [6.45, 7) is 10.8. The van der Waals surface area contributed by atoms with Crippen LogP contribution in [0.1, 0.15) is 119 Å². The smallest absolute Gasteiger partial charge is 0.197 e. The van der Waals surface area contributed by atoms with Gasteiger partial charge < -0.3 is 14.9 Å². The van der Waals surface area contributed by atoms with Gasteiger partial charge in [-0.3, -0.25) is 24.0 Å². The van der Waals surface area contributed by atoms with E-state index in [1.165, 1.54) is 38.5 Å². The van der Waals surface area contributed by atoms with Crippen LogP contribution in [0.5, 0.6) is 0 Å². The second-order valence-corrected chi connectivity index (χ2v) is 26.3. The first-order valence-electron chi connectivity index (χ1n) is 30.6. The highest BCUT2D eigenvalue weighted by molar-refractivity contribution is 8.00. The number of para-hydroxylation sites is 4. The van der Waals surface area contributed by atoms with Crippen molar-refractivity contribution in [3.63, 3.8) is 0 Å². The Labute approximate surface area is 573 Å². The number of aliphatic hydroxyl groups is 1. The molecule has 8 aromatic carbocycles. The van der Waals surface area contributed by atoms with Crippen LogP contribution in [-0.4, -0.2) is 113 Å². The monoisotopic (exact) mass is 1290 g/mol. The molecule has 0 unspecified atom stereocenters. The number of rotatable bonds is 11. The zero-order valence-electron chi connectivity index (χ0n) is 53.0. The van der Waals surface area contributed by atoms with Crippen molar-refractivity contribution < 1.29 is 46.6 Å². The van der Waals surface area contributed by atoms with Gasteiger partial charge in [0.15, 0.2) is 52.7 Å². The van der Waals surface area contributed by atoms with Gasteiger partial charge in [-0.05, 0) is 156 Å². The highest BCUT2D eigenvalue weighted by Gasteiger charge is 2.41. The molecular formula is C72H54B10F4N2O6S2. The highest BCUT2D eigenvalue weighted by Crippen LogP contribution is 2.56. The number of aldehydes is 1. The van der Waals surface area contributed by atoms with Crippen molar-refractivity contribution in [2.45, 2.75) is 51.9 Å². The summed E-state index contributed by atoms with van der Waals surface area (Å²) >= 11 is 3.10. The predicted octanol–water partition coefficient (Wildman–Crippen LogP) is 14.5. The standard InChI is InChI=1S/C35H23F2NO2S.C26H21NOS.C9H4F2O2.C2H6O.B10/c1-35(2)28-15-22(38(20-9-5-3-6-10-20)21-11-7-4-8-12-21)13-14-24(28)34-29(35)17-23(41-34)16-27-32(39)25-18-30(36)31(37)19-26(25)33(27)40;1-26(2)23-15-20(13-14-22(23)25-24(26)16-21(17-28)29-25)27(18-9-5-3-6-10-18)19-11-7-4-8-12-19;10-6-1-4-5(2-7(6)11)9(13)3-8(4)12;1-2-3;1-7(2)10(8(3)4)9(5)6/h3-19H,1-2H3;3-17H,1-2H3;1-2H,3H2;3H,2H2,1H3;. The van der Waals surface area contributed by atoms with Gasteiger partial charge in [-0.1, -0.05) is 113 Å². The van der Waals surface area contributed by atoms with Crippen LogP contribution >= 0.6 is 22.7 Å². The van der Waals surface area contributed by atoms with Crippen molar-refractivity contribution in [1.82, 2.24) is 0 Å². The maximum Gasteiger partial charge on any atom is 0.197 e. The molecule has 0 spiro atoms. The molecule has 0 fully saturated rings. The third kappa shape index (κ3) is 14.1. The van der Waals surface area contributed by atoms with Gasteiger partial charge in [0, 0.05) is 160 Å². The first-order chi connectivity index (χ1) is 45.8. The lowest BCUT2D eigenvalue weighted by Crippen LogP contribution is -2.62. The molecule has 24 heteroatoms. The average Bonchev–Trinajstić information content (AvgIpc) is 1.57. The normalized spacial score (nSPS) is 13.4. The molecule has 1 N–H and O–H groups in total. The minimum atomic E-state index is -1.14. The summed E-state index contributed by atoms with van der Waals surface area (Å²) in [5, 5.41) is 7.57. The van der Waals surface area contributed by atoms with Crippen LogP contribution in [0.25, 0.3) is 27.0 Å². The summed E-state index contributed by atoms with van der Waals surface area (Å²) in [6, 6.07) is 61.9. The van der Waals surface area contributed by atoms with Crippen LogP contribution in [0.3, 0.4) is 0 Å². The van der Waals surface area contributed by atoms with Gasteiger partial charge in [0.2, 0.25) is 0 Å². The number of thiophene rings is 2. The summed E-state index contributed by atoms with van der Waals surface area (Å²) in [5.41, 5.74) is 13.1. The molecule has 0 aliphatic heterocycles. The van der Waals surface area contributed by atoms with Crippen LogP contribution < -0.4 is 9.80 Å². The van der Waals surface area contributed by atoms with E-state index in [9.17, 15) is 41.5 Å². The van der Waals surface area contributed by atoms with E-state index in [1.807, 2.05) is 54.6 Å². The third-order valence-corrected chi connectivity index (χ3v) is 19.2. The number of allylic oxidation sites excluding steroid dienone is 1. The van der Waals surface area contributed by atoms with Gasteiger partial charge in [-0.25, -0.2) is 17.6 Å². The molecule has 458 valence electrons. The summed E-state index contributed by atoms with van der Waals surface area (Å²) < 4.78 is 52.8. The van der Waals surface area contributed by atoms with Crippen LogP contribution in [0.4, 0.5) is 51.7 Å². The quantitative estimate of drug-likeness (QED) is 0.0340. The summed E-state index contributed by atoms with van der Waals surface area (Å²) in [5.74, 6) is -6.53. The van der Waals surface area contributed by atoms with Gasteiger partial charge >= 0.3 is 0 Å². The van der Waals surface area contributed by atoms with E-state index in [-0.39, 0.29) is 51.7 Å². The molecule has 0 saturated carbocycles. The van der Waals surface area contributed by atoms with E-state index in [4.69, 9.17) is 51.5 Å². The molecule has 0 bridgehead atoms. The molecule has 0 atom stereocenters. The van der Waals surface area contributed by atoms with E-state index in [0.29, 0.717) is 0 Å². The Morgan fingerprint density at radius 1 is 0.438 bits per heavy atom. The summed E-state index contributed by atoms with van der Waals surface area (Å²) in [6.07, 6.45) is -0.210. The molecule has 4 aliphatic rings. The maximum absolute atomic E-state index is 13.8. The number of hydrogen-bond acceptors (Lipinski definition) is 10. The lowest BCUT2D eigenvalue weighted by Gasteiger charge is -2.28. The first kappa shape index (κ1) is 70.0. The molecular weight excluding hydrogens is 1240 g/mol. The molecule has 2 aromatic heterocycles. The van der Waals surface area contributed by atoms with Gasteiger partial charge in [0.25, 0.3) is 0 Å². The fourth-order valence-corrected chi connectivity index (χ4v) is 14.7. The number of aliphatic hydroxyl groups excluding tert-OH is 1. The second-order valence-electron chi connectivity index (χ2n) is 24.1. The molecule has 4 aliphatic carbocycles. The Morgan fingerprint density at radius 3 is 1.06 bits per heavy atom. The third-order valence-electron chi connectivity index (χ3n) is 17.0. The van der Waals surface area contributed by atoms with E-state index < -0.39 is 71.9 Å². The molecule has 8 nitrogen and oxygen atoms in total. The predicted molar refractivity (Wildman–Crippen MR) is 391 cm³/mol. The summed E-state index contributed by atoms with van der Waals surface area (Å²) in [7, 11) is 31.8. The fourth-order valence-electron chi connectivity index (χ4n) is 12.2. The van der Waals surface area contributed by atoms with Gasteiger partial charge in [-0.15, -0.1) is 22.7 Å². The molecule has 2 heterocycles. The molecule has 14 rings (SSSR count). The minimum absolute atomic E-state index is 0.0103. The Morgan fingerprint density at radius 2 is 0.750 bits per heavy atom. The first-order valence-corrected chi connectivity index (χ1v) is 32.3. The number of ketones is 4. The van der Waals surface area contributed by atoms with E-state index in [1.54, 1.807) is 24.3 Å². The van der Waals surface area contributed by atoms with Crippen molar-refractivity contribution in [2.75, 3.05) is 16.4 Å². The van der Waals surface area contributed by atoms with Crippen LogP contribution in [0.15, 0.2) is 200 Å². The van der Waals surface area contributed by atoms with Gasteiger partial charge in [-0.2, -0.15) is 0 Å². The number of hydrogen-bond donors (Lipinski definition) is 1. The fraction of sp³-hybridized carbons (Fsp3) is 0.125. The minimum Gasteiger partial charge on any atom is -0.397 e. The Kier molecular flexibility index (Phi) is 21.3. The average molecular weight is 1290 g/mol. The highest BCUT2D eigenvalue weighted by atomic mass is 32.1. The zero-order chi connectivity index (χ0) is 69.1. The Bertz CT molecular complexity index is 4460. The van der Waals surface area contributed by atoms with Crippen molar-refractivity contribution in [2.24, 2.45) is 0 Å². The van der Waals surface area contributed by atoms with Gasteiger partial charge in [0.1, 0.15) is 0 Å². The molecule has 96 heavy (non-hydrogen) atoms. The van der Waals surface area contributed by atoms with Crippen molar-refractivity contribution in [3.05, 3.63) is 277 Å². The van der Waals surface area contributed by atoms with Crippen LogP contribution in [-0.2, 0) is 10.8 Å². The van der Waals surface area contributed by atoms with E-state index >= 15 is 0 Å². The van der Waals surface area contributed by atoms with Crippen LogP contribution in [0.2, 0.25) is 0 Å². The van der Waals surface area contributed by atoms with E-state index in [0.717, 1.165) is 90.4 Å². The Hall–Kier alpha value is -8.82. The van der Waals surface area contributed by atoms with Crippen molar-refractivity contribution in [1.29, 1.82) is 0 Å². The number of halogens is 4. The van der Waals surface area contributed by atoms with Crippen molar-refractivity contribution >= 4 is 164 Å². The molecule has 10 aromatic rings. The number of carbonyl (C=O) groups excluding carboxylic acids is 5. The number of fused-ring (bicyclic) bond motifs is 8. The molecule has 0 saturated heterocycles.